The zero-order chi connectivity index (χ0) is 22.2. The number of benzene rings is 2. The minimum atomic E-state index is -4.65. The van der Waals surface area contributed by atoms with Crippen molar-refractivity contribution < 1.29 is 28.4 Å². The first-order valence-electron chi connectivity index (χ1n) is 10.1. The third-order valence-electron chi connectivity index (χ3n) is 5.11. The van der Waals surface area contributed by atoms with Gasteiger partial charge in [0.1, 0.15) is 5.82 Å². The summed E-state index contributed by atoms with van der Waals surface area (Å²) in [5, 5.41) is 9.47. The fourth-order valence-corrected chi connectivity index (χ4v) is 3.61. The molecule has 0 amide bonds. The van der Waals surface area contributed by atoms with Crippen LogP contribution in [0.1, 0.15) is 43.7 Å². The highest BCUT2D eigenvalue weighted by molar-refractivity contribution is 7.46. The molecule has 0 bridgehead atoms. The minimum Gasteiger partial charge on any atom is -0.394 e. The number of nitrogens with two attached hydrogens (primary N) is 1. The molecule has 0 heterocycles. The summed E-state index contributed by atoms with van der Waals surface area (Å²) in [5.41, 5.74) is 7.94. The van der Waals surface area contributed by atoms with E-state index in [1.165, 1.54) is 0 Å². The molecule has 1 atom stereocenters. The number of phosphoric ester groups is 1. The molecule has 166 valence electrons. The summed E-state index contributed by atoms with van der Waals surface area (Å²) >= 11 is 0. The molecule has 2 rings (SSSR count). The van der Waals surface area contributed by atoms with Crippen LogP contribution in [0, 0.1) is 5.82 Å². The normalized spacial score (nSPS) is 13.9. The van der Waals surface area contributed by atoms with Crippen LogP contribution < -0.4 is 5.73 Å². The van der Waals surface area contributed by atoms with Crippen molar-refractivity contribution in [1.82, 2.24) is 0 Å². The molecule has 0 aliphatic carbocycles. The first kappa shape index (κ1) is 24.7. The zero-order valence-electron chi connectivity index (χ0n) is 17.3. The fraction of sp³-hybridized carbons (Fsp3) is 0.455. The Balaban J connectivity index is 2.00. The Kier molecular flexibility index (Phi) is 9.16. The molecule has 0 spiro atoms. The smallest absolute Gasteiger partial charge is 0.394 e. The van der Waals surface area contributed by atoms with Crippen molar-refractivity contribution in [3.8, 4) is 11.1 Å². The van der Waals surface area contributed by atoms with Gasteiger partial charge in [-0.2, -0.15) is 0 Å². The molecule has 1 unspecified atom stereocenters. The largest absolute Gasteiger partial charge is 0.469 e. The van der Waals surface area contributed by atoms with Crippen molar-refractivity contribution in [3.05, 3.63) is 59.4 Å². The van der Waals surface area contributed by atoms with Crippen LogP contribution in [0.2, 0.25) is 0 Å². The maximum atomic E-state index is 14.6. The van der Waals surface area contributed by atoms with Gasteiger partial charge in [-0.1, -0.05) is 56.2 Å². The molecule has 30 heavy (non-hydrogen) atoms. The van der Waals surface area contributed by atoms with Crippen LogP contribution in [0.3, 0.4) is 0 Å². The van der Waals surface area contributed by atoms with Gasteiger partial charge in [0.15, 0.2) is 0 Å². The van der Waals surface area contributed by atoms with Crippen molar-refractivity contribution in [3.63, 3.8) is 0 Å². The zero-order valence-corrected chi connectivity index (χ0v) is 18.2. The Hall–Kier alpha value is -1.60. The maximum absolute atomic E-state index is 14.6. The molecule has 0 radical (unpaired) electrons. The number of hydrogen-bond donors (Lipinski definition) is 4. The minimum absolute atomic E-state index is 0.243. The average Bonchev–Trinajstić information content (AvgIpc) is 2.71. The predicted molar refractivity (Wildman–Crippen MR) is 115 cm³/mol. The number of rotatable bonds is 12. The second kappa shape index (κ2) is 11.1. The number of aliphatic hydroxyl groups is 1. The van der Waals surface area contributed by atoms with Crippen molar-refractivity contribution in [1.29, 1.82) is 0 Å². The van der Waals surface area contributed by atoms with Gasteiger partial charge in [-0.05, 0) is 48.4 Å². The van der Waals surface area contributed by atoms with Crippen LogP contribution in [0.5, 0.6) is 0 Å². The van der Waals surface area contributed by atoms with Crippen molar-refractivity contribution in [2.45, 2.75) is 51.0 Å². The summed E-state index contributed by atoms with van der Waals surface area (Å²) in [6, 6.07) is 12.7. The Bertz CT molecular complexity index is 855. The predicted octanol–water partition coefficient (Wildman–Crippen LogP) is 3.96. The number of aryl methyl sites for hydroxylation is 2. The van der Waals surface area contributed by atoms with E-state index < -0.39 is 26.6 Å². The van der Waals surface area contributed by atoms with E-state index in [0.717, 1.165) is 42.4 Å². The van der Waals surface area contributed by atoms with E-state index in [1.807, 2.05) is 36.4 Å². The Morgan fingerprint density at radius 3 is 2.30 bits per heavy atom. The van der Waals surface area contributed by atoms with Crippen LogP contribution in [-0.4, -0.2) is 33.6 Å². The van der Waals surface area contributed by atoms with Crippen LogP contribution in [-0.2, 0) is 21.9 Å². The van der Waals surface area contributed by atoms with E-state index in [-0.39, 0.29) is 12.2 Å². The molecule has 2 aromatic carbocycles. The van der Waals surface area contributed by atoms with E-state index in [1.54, 1.807) is 6.07 Å². The molecule has 0 aromatic heterocycles. The molecule has 0 fully saturated rings. The lowest BCUT2D eigenvalue weighted by Gasteiger charge is -2.27. The van der Waals surface area contributed by atoms with E-state index >= 15 is 0 Å². The van der Waals surface area contributed by atoms with Crippen LogP contribution in [0.15, 0.2) is 42.5 Å². The van der Waals surface area contributed by atoms with Gasteiger partial charge in [0.05, 0.1) is 18.8 Å². The monoisotopic (exact) mass is 439 g/mol. The topological polar surface area (TPSA) is 113 Å². The second-order valence-corrected chi connectivity index (χ2v) is 8.99. The number of hydrogen-bond acceptors (Lipinski definition) is 4. The van der Waals surface area contributed by atoms with Gasteiger partial charge in [0.25, 0.3) is 0 Å². The number of halogens is 1. The lowest BCUT2D eigenvalue weighted by Crippen LogP contribution is -2.48. The lowest BCUT2D eigenvalue weighted by molar-refractivity contribution is 0.102. The summed E-state index contributed by atoms with van der Waals surface area (Å²) in [4.78, 5) is 17.6. The van der Waals surface area contributed by atoms with Gasteiger partial charge in [0.2, 0.25) is 0 Å². The highest BCUT2D eigenvalue weighted by atomic mass is 31.2. The Labute approximate surface area is 177 Å². The molecule has 0 aliphatic rings. The van der Waals surface area contributed by atoms with Crippen molar-refractivity contribution in [2.75, 3.05) is 13.2 Å². The van der Waals surface area contributed by atoms with Gasteiger partial charge < -0.3 is 20.6 Å². The van der Waals surface area contributed by atoms with Gasteiger partial charge >= 0.3 is 7.82 Å². The molecule has 2 aromatic rings. The second-order valence-electron chi connectivity index (χ2n) is 7.75. The quantitative estimate of drug-likeness (QED) is 0.294. The Morgan fingerprint density at radius 1 is 1.07 bits per heavy atom. The van der Waals surface area contributed by atoms with Crippen LogP contribution in [0.25, 0.3) is 11.1 Å². The molecular formula is C22H31FNO5P. The molecular weight excluding hydrogens is 408 g/mol. The molecule has 5 N–H and O–H groups in total. The summed E-state index contributed by atoms with van der Waals surface area (Å²) in [6.07, 6.45) is 4.94. The molecule has 6 nitrogen and oxygen atoms in total. The number of phosphoric acid groups is 1. The van der Waals surface area contributed by atoms with Crippen molar-refractivity contribution >= 4 is 7.82 Å². The van der Waals surface area contributed by atoms with Crippen molar-refractivity contribution in [2.24, 2.45) is 5.73 Å². The average molecular weight is 439 g/mol. The number of aliphatic hydroxyl groups excluding tert-OH is 1. The summed E-state index contributed by atoms with van der Waals surface area (Å²) in [6.45, 7) is 1.21. The van der Waals surface area contributed by atoms with E-state index in [4.69, 9.17) is 15.5 Å². The summed E-state index contributed by atoms with van der Waals surface area (Å²) in [7, 11) is -4.65. The highest BCUT2D eigenvalue weighted by Crippen LogP contribution is 2.37. The molecule has 0 saturated carbocycles. The lowest BCUT2D eigenvalue weighted by atomic mass is 9.93. The van der Waals surface area contributed by atoms with E-state index in [2.05, 4.69) is 11.4 Å². The summed E-state index contributed by atoms with van der Waals surface area (Å²) in [5.74, 6) is -0.243. The first-order chi connectivity index (χ1) is 14.2. The summed E-state index contributed by atoms with van der Waals surface area (Å²) < 4.78 is 29.9. The first-order valence-corrected chi connectivity index (χ1v) is 11.7. The standard InChI is InChI=1S/C22H31FNO5P/c1-2-3-4-5-18-8-11-20(21(23)14-18)19-9-6-17(7-10-19)12-13-22(24,15-25)16-29-30(26,27)28/h6-11,14,25H,2-5,12-13,15-16,24H2,1H3,(H2,26,27,28). The SMILES string of the molecule is CCCCCc1ccc(-c2ccc(CCC(N)(CO)COP(=O)(O)O)cc2)c(F)c1. The third kappa shape index (κ3) is 7.91. The van der Waals surface area contributed by atoms with Crippen LogP contribution >= 0.6 is 7.82 Å². The molecule has 0 aliphatic heterocycles. The van der Waals surface area contributed by atoms with Gasteiger partial charge in [0, 0.05) is 5.56 Å². The van der Waals surface area contributed by atoms with E-state index in [9.17, 15) is 14.1 Å². The third-order valence-corrected chi connectivity index (χ3v) is 5.58. The Morgan fingerprint density at radius 2 is 1.73 bits per heavy atom. The van der Waals surface area contributed by atoms with Gasteiger partial charge in [-0.25, -0.2) is 8.96 Å². The van der Waals surface area contributed by atoms with Gasteiger partial charge in [-0.15, -0.1) is 0 Å². The maximum Gasteiger partial charge on any atom is 0.469 e. The number of unbranched alkanes of at least 4 members (excludes halogenated alkanes) is 2. The van der Waals surface area contributed by atoms with Crippen LogP contribution in [0.4, 0.5) is 4.39 Å². The fourth-order valence-electron chi connectivity index (χ4n) is 3.18. The highest BCUT2D eigenvalue weighted by Gasteiger charge is 2.28. The van der Waals surface area contributed by atoms with E-state index in [0.29, 0.717) is 12.0 Å². The van der Waals surface area contributed by atoms with Gasteiger partial charge in [-0.3, -0.25) is 4.52 Å². The molecule has 0 saturated heterocycles. The molecule has 8 heteroatoms.